The summed E-state index contributed by atoms with van der Waals surface area (Å²) in [6.45, 7) is 5.76. The molecule has 0 aromatic carbocycles. The van der Waals surface area contributed by atoms with E-state index in [9.17, 15) is 4.79 Å². The van der Waals surface area contributed by atoms with Gasteiger partial charge in [-0.25, -0.2) is 0 Å². The van der Waals surface area contributed by atoms with Crippen molar-refractivity contribution in [3.05, 3.63) is 20.8 Å². The average molecular weight is 334 g/mol. The van der Waals surface area contributed by atoms with Gasteiger partial charge in [0.2, 0.25) is 5.91 Å². The molecule has 18 heavy (non-hydrogen) atoms. The van der Waals surface area contributed by atoms with Crippen LogP contribution in [0.25, 0.3) is 0 Å². The van der Waals surface area contributed by atoms with Gasteiger partial charge in [-0.3, -0.25) is 9.69 Å². The van der Waals surface area contributed by atoms with Crippen molar-refractivity contribution in [1.82, 2.24) is 4.90 Å². The Morgan fingerprint density at radius 3 is 2.61 bits per heavy atom. The highest BCUT2D eigenvalue weighted by atomic mass is 79.9. The van der Waals surface area contributed by atoms with E-state index < -0.39 is 0 Å². The summed E-state index contributed by atoms with van der Waals surface area (Å²) in [6.07, 6.45) is 0. The standard InChI is InChI=1S/C12H20BrN3OS/c1-8(2)5-16(6-12(15)17)10(4-14)11-3-9(13)7-18-11/h3,7-8,10H,4-6,14H2,1-2H3,(H2,15,17). The third kappa shape index (κ3) is 4.68. The molecule has 0 aliphatic rings. The average Bonchev–Trinajstić information content (AvgIpc) is 2.64. The molecule has 102 valence electrons. The number of hydrogen-bond acceptors (Lipinski definition) is 4. The Morgan fingerprint density at radius 1 is 1.56 bits per heavy atom. The normalized spacial score (nSPS) is 13.2. The van der Waals surface area contributed by atoms with Crippen molar-refractivity contribution in [3.63, 3.8) is 0 Å². The molecule has 4 N–H and O–H groups in total. The molecule has 0 fully saturated rings. The van der Waals surface area contributed by atoms with E-state index in [1.54, 1.807) is 11.3 Å². The van der Waals surface area contributed by atoms with Crippen LogP contribution in [-0.2, 0) is 4.79 Å². The maximum atomic E-state index is 11.2. The summed E-state index contributed by atoms with van der Waals surface area (Å²) in [6, 6.07) is 2.10. The number of halogens is 1. The van der Waals surface area contributed by atoms with Crippen LogP contribution >= 0.6 is 27.3 Å². The van der Waals surface area contributed by atoms with Crippen LogP contribution in [0.1, 0.15) is 24.8 Å². The van der Waals surface area contributed by atoms with Crippen LogP contribution in [0.2, 0.25) is 0 Å². The summed E-state index contributed by atoms with van der Waals surface area (Å²) in [7, 11) is 0. The molecule has 1 rings (SSSR count). The Kier molecular flexibility index (Phi) is 6.28. The van der Waals surface area contributed by atoms with Gasteiger partial charge in [0.25, 0.3) is 0 Å². The number of nitrogens with two attached hydrogens (primary N) is 2. The van der Waals surface area contributed by atoms with Crippen LogP contribution < -0.4 is 11.5 Å². The number of rotatable bonds is 7. The van der Waals surface area contributed by atoms with Crippen LogP contribution in [0.5, 0.6) is 0 Å². The summed E-state index contributed by atoms with van der Waals surface area (Å²) in [5, 5.41) is 2.02. The maximum absolute atomic E-state index is 11.2. The number of hydrogen-bond donors (Lipinski definition) is 2. The summed E-state index contributed by atoms with van der Waals surface area (Å²) in [5.74, 6) is 0.145. The highest BCUT2D eigenvalue weighted by Crippen LogP contribution is 2.29. The Labute approximate surface area is 120 Å². The first-order valence-electron chi connectivity index (χ1n) is 5.90. The van der Waals surface area contributed by atoms with Gasteiger partial charge in [-0.2, -0.15) is 0 Å². The van der Waals surface area contributed by atoms with Crippen molar-refractivity contribution >= 4 is 33.2 Å². The Balaban J connectivity index is 2.88. The topological polar surface area (TPSA) is 72.3 Å². The number of amides is 1. The van der Waals surface area contributed by atoms with E-state index in [-0.39, 0.29) is 18.5 Å². The second-order valence-electron chi connectivity index (χ2n) is 4.71. The molecule has 1 unspecified atom stereocenters. The molecule has 1 aromatic rings. The van der Waals surface area contributed by atoms with Crippen molar-refractivity contribution < 1.29 is 4.79 Å². The van der Waals surface area contributed by atoms with Gasteiger partial charge >= 0.3 is 0 Å². The lowest BCUT2D eigenvalue weighted by Crippen LogP contribution is -2.41. The zero-order valence-corrected chi connectivity index (χ0v) is 13.1. The van der Waals surface area contributed by atoms with Gasteiger partial charge in [0.1, 0.15) is 0 Å². The lowest BCUT2D eigenvalue weighted by Gasteiger charge is -2.30. The quantitative estimate of drug-likeness (QED) is 0.801. The van der Waals surface area contributed by atoms with Gasteiger partial charge in [0.05, 0.1) is 12.6 Å². The molecular formula is C12H20BrN3OS. The molecule has 0 bridgehead atoms. The Bertz CT molecular complexity index is 394. The fourth-order valence-corrected chi connectivity index (χ4v) is 3.51. The van der Waals surface area contributed by atoms with Crippen molar-refractivity contribution in [2.75, 3.05) is 19.6 Å². The highest BCUT2D eigenvalue weighted by Gasteiger charge is 2.22. The predicted molar refractivity (Wildman–Crippen MR) is 79.4 cm³/mol. The molecule has 0 aliphatic carbocycles. The number of nitrogens with zero attached hydrogens (tertiary/aromatic N) is 1. The molecule has 1 aromatic heterocycles. The van der Waals surface area contributed by atoms with Gasteiger partial charge in [0.15, 0.2) is 0 Å². The minimum Gasteiger partial charge on any atom is -0.369 e. The second-order valence-corrected chi connectivity index (χ2v) is 6.57. The number of carbonyl (C=O) groups is 1. The van der Waals surface area contributed by atoms with E-state index >= 15 is 0 Å². The zero-order valence-electron chi connectivity index (χ0n) is 10.7. The fourth-order valence-electron chi connectivity index (χ4n) is 1.92. The summed E-state index contributed by atoms with van der Waals surface area (Å²) in [4.78, 5) is 14.4. The fraction of sp³-hybridized carbons (Fsp3) is 0.583. The van der Waals surface area contributed by atoms with E-state index in [4.69, 9.17) is 11.5 Å². The van der Waals surface area contributed by atoms with Crippen LogP contribution in [0.4, 0.5) is 0 Å². The van der Waals surface area contributed by atoms with Gasteiger partial charge < -0.3 is 11.5 Å². The van der Waals surface area contributed by atoms with Gasteiger partial charge in [0, 0.05) is 27.8 Å². The first-order chi connectivity index (χ1) is 8.43. The third-order valence-corrected chi connectivity index (χ3v) is 4.33. The molecule has 0 spiro atoms. The summed E-state index contributed by atoms with van der Waals surface area (Å²) >= 11 is 5.08. The molecule has 0 radical (unpaired) electrons. The van der Waals surface area contributed by atoms with Crippen molar-refractivity contribution in [1.29, 1.82) is 0 Å². The lowest BCUT2D eigenvalue weighted by atomic mass is 10.1. The summed E-state index contributed by atoms with van der Waals surface area (Å²) < 4.78 is 1.05. The predicted octanol–water partition coefficient (Wildman–Crippen LogP) is 1.95. The van der Waals surface area contributed by atoms with Crippen LogP contribution in [0.15, 0.2) is 15.9 Å². The van der Waals surface area contributed by atoms with E-state index in [0.717, 1.165) is 15.9 Å². The number of primary amides is 1. The number of thiophene rings is 1. The molecule has 0 aliphatic heterocycles. The van der Waals surface area contributed by atoms with E-state index in [1.807, 2.05) is 5.38 Å². The minimum absolute atomic E-state index is 0.0520. The molecule has 1 amide bonds. The molecule has 4 nitrogen and oxygen atoms in total. The van der Waals surface area contributed by atoms with Gasteiger partial charge in [-0.15, -0.1) is 11.3 Å². The van der Waals surface area contributed by atoms with E-state index in [2.05, 4.69) is 40.7 Å². The van der Waals surface area contributed by atoms with Crippen molar-refractivity contribution in [3.8, 4) is 0 Å². The minimum atomic E-state index is -0.315. The van der Waals surface area contributed by atoms with Gasteiger partial charge in [-0.1, -0.05) is 13.8 Å². The SMILES string of the molecule is CC(C)CN(CC(N)=O)C(CN)c1cc(Br)cs1. The highest BCUT2D eigenvalue weighted by molar-refractivity contribution is 9.10. The first-order valence-corrected chi connectivity index (χ1v) is 7.57. The van der Waals surface area contributed by atoms with E-state index in [1.165, 1.54) is 0 Å². The first kappa shape index (κ1) is 15.6. The Hall–Kier alpha value is -0.430. The smallest absolute Gasteiger partial charge is 0.231 e. The van der Waals surface area contributed by atoms with E-state index in [0.29, 0.717) is 12.5 Å². The van der Waals surface area contributed by atoms with Crippen LogP contribution in [-0.4, -0.2) is 30.4 Å². The molecule has 0 saturated carbocycles. The molecule has 0 saturated heterocycles. The Morgan fingerprint density at radius 2 is 2.22 bits per heavy atom. The monoisotopic (exact) mass is 333 g/mol. The summed E-state index contributed by atoms with van der Waals surface area (Å²) in [5.41, 5.74) is 11.2. The van der Waals surface area contributed by atoms with Crippen molar-refractivity contribution in [2.45, 2.75) is 19.9 Å². The number of carbonyl (C=O) groups excluding carboxylic acids is 1. The molecule has 1 atom stereocenters. The van der Waals surface area contributed by atoms with Crippen LogP contribution in [0, 0.1) is 5.92 Å². The zero-order chi connectivity index (χ0) is 13.7. The van der Waals surface area contributed by atoms with Gasteiger partial charge in [-0.05, 0) is 27.9 Å². The largest absolute Gasteiger partial charge is 0.369 e. The maximum Gasteiger partial charge on any atom is 0.231 e. The third-order valence-electron chi connectivity index (χ3n) is 2.54. The molecule has 1 heterocycles. The second kappa shape index (κ2) is 7.23. The lowest BCUT2D eigenvalue weighted by molar-refractivity contribution is -0.119. The molecule has 6 heteroatoms. The van der Waals surface area contributed by atoms with Crippen molar-refractivity contribution in [2.24, 2.45) is 17.4 Å². The molecular weight excluding hydrogens is 314 g/mol. The van der Waals surface area contributed by atoms with Crippen LogP contribution in [0.3, 0.4) is 0 Å².